The zero-order valence-corrected chi connectivity index (χ0v) is 19.6. The summed E-state index contributed by atoms with van der Waals surface area (Å²) in [7, 11) is -3.65. The number of sulfonamides is 1. The van der Waals surface area contributed by atoms with E-state index in [-0.39, 0.29) is 16.8 Å². The number of piperidine rings is 1. The number of aryl methyl sites for hydroxylation is 1. The molecule has 0 radical (unpaired) electrons. The summed E-state index contributed by atoms with van der Waals surface area (Å²) in [5.41, 5.74) is 2.26. The molecule has 1 N–H and O–H groups in total. The molecule has 8 heteroatoms. The maximum absolute atomic E-state index is 13.2. The SMILES string of the molecule is Cc1ccc(S(=O)(=O)NC(C)C)cc1C(=O)N1CCC(c2nc3ccccc3s2)CC1. The van der Waals surface area contributed by atoms with Gasteiger partial charge in [0.15, 0.2) is 0 Å². The van der Waals surface area contributed by atoms with Crippen molar-refractivity contribution >= 4 is 37.5 Å². The van der Waals surface area contributed by atoms with E-state index in [1.54, 1.807) is 37.3 Å². The van der Waals surface area contributed by atoms with E-state index in [4.69, 9.17) is 4.98 Å². The summed E-state index contributed by atoms with van der Waals surface area (Å²) in [6.07, 6.45) is 1.72. The van der Waals surface area contributed by atoms with Crippen molar-refractivity contribution in [3.63, 3.8) is 0 Å². The van der Waals surface area contributed by atoms with E-state index in [0.717, 1.165) is 28.9 Å². The van der Waals surface area contributed by atoms with Gasteiger partial charge in [-0.15, -0.1) is 11.3 Å². The van der Waals surface area contributed by atoms with E-state index in [0.29, 0.717) is 24.6 Å². The van der Waals surface area contributed by atoms with Crippen molar-refractivity contribution in [2.24, 2.45) is 0 Å². The molecule has 2 heterocycles. The fraction of sp³-hybridized carbons (Fsp3) is 0.391. The van der Waals surface area contributed by atoms with Crippen molar-refractivity contribution < 1.29 is 13.2 Å². The molecule has 1 saturated heterocycles. The third kappa shape index (κ3) is 4.66. The first-order valence-electron chi connectivity index (χ1n) is 10.5. The van der Waals surface area contributed by atoms with E-state index in [2.05, 4.69) is 10.8 Å². The van der Waals surface area contributed by atoms with Crippen LogP contribution in [0.25, 0.3) is 10.2 Å². The molecule has 2 aromatic carbocycles. The minimum absolute atomic E-state index is 0.109. The Balaban J connectivity index is 1.49. The van der Waals surface area contributed by atoms with Gasteiger partial charge in [-0.05, 0) is 63.4 Å². The van der Waals surface area contributed by atoms with Crippen molar-refractivity contribution in [3.8, 4) is 0 Å². The average Bonchev–Trinajstić information content (AvgIpc) is 3.17. The molecule has 164 valence electrons. The second kappa shape index (κ2) is 8.68. The first-order chi connectivity index (χ1) is 14.7. The van der Waals surface area contributed by atoms with Crippen LogP contribution in [0.2, 0.25) is 0 Å². The highest BCUT2D eigenvalue weighted by Crippen LogP contribution is 2.34. The summed E-state index contributed by atoms with van der Waals surface area (Å²) < 4.78 is 28.8. The number of hydrogen-bond acceptors (Lipinski definition) is 5. The lowest BCUT2D eigenvalue weighted by atomic mass is 9.96. The third-order valence-corrected chi connectivity index (χ3v) is 8.44. The van der Waals surface area contributed by atoms with Gasteiger partial charge in [0.1, 0.15) is 0 Å². The molecule has 0 spiro atoms. The smallest absolute Gasteiger partial charge is 0.254 e. The number of nitrogens with zero attached hydrogens (tertiary/aromatic N) is 2. The Kier molecular flexibility index (Phi) is 6.14. The zero-order valence-electron chi connectivity index (χ0n) is 18.0. The van der Waals surface area contributed by atoms with Gasteiger partial charge in [-0.25, -0.2) is 18.1 Å². The van der Waals surface area contributed by atoms with Crippen LogP contribution >= 0.6 is 11.3 Å². The molecule has 0 unspecified atom stereocenters. The molecule has 0 atom stereocenters. The number of likely N-dealkylation sites (tertiary alicyclic amines) is 1. The molecular formula is C23H27N3O3S2. The van der Waals surface area contributed by atoms with Crippen LogP contribution in [-0.2, 0) is 10.0 Å². The molecule has 0 bridgehead atoms. The van der Waals surface area contributed by atoms with Crippen LogP contribution in [0.15, 0.2) is 47.4 Å². The van der Waals surface area contributed by atoms with Gasteiger partial charge in [0.2, 0.25) is 10.0 Å². The second-order valence-electron chi connectivity index (χ2n) is 8.34. The van der Waals surface area contributed by atoms with Crippen LogP contribution in [0, 0.1) is 6.92 Å². The maximum Gasteiger partial charge on any atom is 0.254 e. The largest absolute Gasteiger partial charge is 0.339 e. The summed E-state index contributed by atoms with van der Waals surface area (Å²) in [5, 5.41) is 1.14. The molecule has 0 aliphatic carbocycles. The number of thiazole rings is 1. The van der Waals surface area contributed by atoms with Gasteiger partial charge in [0.25, 0.3) is 5.91 Å². The Morgan fingerprint density at radius 3 is 2.55 bits per heavy atom. The Bertz CT molecular complexity index is 1180. The molecule has 6 nitrogen and oxygen atoms in total. The molecule has 0 saturated carbocycles. The number of hydrogen-bond donors (Lipinski definition) is 1. The van der Waals surface area contributed by atoms with Crippen LogP contribution in [0.1, 0.15) is 53.5 Å². The molecule has 1 aliphatic heterocycles. The molecule has 4 rings (SSSR count). The van der Waals surface area contributed by atoms with E-state index >= 15 is 0 Å². The molecule has 1 aromatic heterocycles. The molecule has 3 aromatic rings. The minimum Gasteiger partial charge on any atom is -0.339 e. The fourth-order valence-corrected chi connectivity index (χ4v) is 6.35. The molecule has 1 aliphatic rings. The number of nitrogens with one attached hydrogen (secondary N) is 1. The standard InChI is InChI=1S/C23H27N3O3S2/c1-15(2)25-31(28,29)18-9-8-16(3)19(14-18)23(27)26-12-10-17(11-13-26)22-24-20-6-4-5-7-21(20)30-22/h4-9,14-15,17,25H,10-13H2,1-3H3. The van der Waals surface area contributed by atoms with E-state index in [9.17, 15) is 13.2 Å². The first kappa shape index (κ1) is 21.9. The van der Waals surface area contributed by atoms with Gasteiger partial charge >= 0.3 is 0 Å². The lowest BCUT2D eigenvalue weighted by Crippen LogP contribution is -2.38. The normalized spacial score (nSPS) is 15.7. The van der Waals surface area contributed by atoms with Crippen molar-refractivity contribution in [3.05, 3.63) is 58.6 Å². The lowest BCUT2D eigenvalue weighted by Gasteiger charge is -2.31. The molecular weight excluding hydrogens is 430 g/mol. The van der Waals surface area contributed by atoms with Gasteiger partial charge in [0.05, 0.1) is 20.1 Å². The summed E-state index contributed by atoms with van der Waals surface area (Å²) in [6.45, 7) is 6.66. The summed E-state index contributed by atoms with van der Waals surface area (Å²) in [6, 6.07) is 12.7. The Morgan fingerprint density at radius 1 is 1.16 bits per heavy atom. The molecule has 31 heavy (non-hydrogen) atoms. The number of benzene rings is 2. The van der Waals surface area contributed by atoms with Crippen molar-refractivity contribution in [1.82, 2.24) is 14.6 Å². The quantitative estimate of drug-likeness (QED) is 0.619. The predicted octanol–water partition coefficient (Wildman–Crippen LogP) is 4.31. The van der Waals surface area contributed by atoms with Crippen LogP contribution < -0.4 is 4.72 Å². The summed E-state index contributed by atoms with van der Waals surface area (Å²) >= 11 is 1.73. The van der Waals surface area contributed by atoms with Crippen LogP contribution in [-0.4, -0.2) is 43.3 Å². The highest BCUT2D eigenvalue weighted by Gasteiger charge is 2.28. The topological polar surface area (TPSA) is 79.4 Å². The molecule has 1 fully saturated rings. The number of para-hydroxylation sites is 1. The van der Waals surface area contributed by atoms with Crippen molar-refractivity contribution in [2.75, 3.05) is 13.1 Å². The van der Waals surface area contributed by atoms with Gasteiger partial charge in [-0.2, -0.15) is 0 Å². The average molecular weight is 458 g/mol. The fourth-order valence-electron chi connectivity index (χ4n) is 3.94. The Morgan fingerprint density at radius 2 is 1.87 bits per heavy atom. The number of carbonyl (C=O) groups is 1. The minimum atomic E-state index is -3.65. The summed E-state index contributed by atoms with van der Waals surface area (Å²) in [4.78, 5) is 19.9. The second-order valence-corrected chi connectivity index (χ2v) is 11.1. The number of aromatic nitrogens is 1. The highest BCUT2D eigenvalue weighted by molar-refractivity contribution is 7.89. The summed E-state index contributed by atoms with van der Waals surface area (Å²) in [5.74, 6) is 0.242. The van der Waals surface area contributed by atoms with Gasteiger partial charge in [-0.3, -0.25) is 4.79 Å². The first-order valence-corrected chi connectivity index (χ1v) is 12.8. The number of carbonyl (C=O) groups excluding carboxylic acids is 1. The molecule has 1 amide bonds. The van der Waals surface area contributed by atoms with Gasteiger partial charge < -0.3 is 4.90 Å². The van der Waals surface area contributed by atoms with Crippen LogP contribution in [0.3, 0.4) is 0 Å². The third-order valence-electron chi connectivity index (χ3n) is 5.58. The lowest BCUT2D eigenvalue weighted by molar-refractivity contribution is 0.0712. The van der Waals surface area contributed by atoms with E-state index in [1.807, 2.05) is 30.0 Å². The number of amides is 1. The van der Waals surface area contributed by atoms with Gasteiger partial charge in [-0.1, -0.05) is 18.2 Å². The maximum atomic E-state index is 13.2. The number of fused-ring (bicyclic) bond motifs is 1. The van der Waals surface area contributed by atoms with Crippen LogP contribution in [0.4, 0.5) is 0 Å². The van der Waals surface area contributed by atoms with Crippen molar-refractivity contribution in [2.45, 2.75) is 50.5 Å². The zero-order chi connectivity index (χ0) is 22.2. The Hall–Kier alpha value is -2.29. The van der Waals surface area contributed by atoms with Crippen LogP contribution in [0.5, 0.6) is 0 Å². The van der Waals surface area contributed by atoms with E-state index in [1.165, 1.54) is 10.8 Å². The Labute approximate surface area is 187 Å². The monoisotopic (exact) mass is 457 g/mol. The van der Waals surface area contributed by atoms with Gasteiger partial charge in [0, 0.05) is 30.6 Å². The van der Waals surface area contributed by atoms with E-state index < -0.39 is 10.0 Å². The predicted molar refractivity (Wildman–Crippen MR) is 124 cm³/mol. The highest BCUT2D eigenvalue weighted by atomic mass is 32.2. The number of rotatable bonds is 5. The van der Waals surface area contributed by atoms with Crippen molar-refractivity contribution in [1.29, 1.82) is 0 Å².